The number of rotatable bonds is 5. The Morgan fingerprint density at radius 1 is 1.58 bits per heavy atom. The largest absolute Gasteiger partial charge is 0.395 e. The van der Waals surface area contributed by atoms with Gasteiger partial charge >= 0.3 is 0 Å². The average Bonchev–Trinajstić information content (AvgIpc) is 2.96. The minimum Gasteiger partial charge on any atom is -0.395 e. The molecular weight excluding hydrogens is 244 g/mol. The predicted octanol–water partition coefficient (Wildman–Crippen LogP) is 0.496. The molecule has 2 aromatic heterocycles. The van der Waals surface area contributed by atoms with Crippen LogP contribution in [0, 0.1) is 0 Å². The first-order valence-electron chi connectivity index (χ1n) is 6.33. The van der Waals surface area contributed by atoms with Crippen molar-refractivity contribution < 1.29 is 4.79 Å². The van der Waals surface area contributed by atoms with Crippen LogP contribution in [0.4, 0.5) is 5.69 Å². The third-order valence-electron chi connectivity index (χ3n) is 3.25. The second kappa shape index (κ2) is 4.75. The van der Waals surface area contributed by atoms with Crippen molar-refractivity contribution >= 4 is 11.6 Å². The van der Waals surface area contributed by atoms with Crippen molar-refractivity contribution in [2.24, 2.45) is 0 Å². The number of anilines is 1. The number of nitrogen functional groups attached to an aromatic ring is 1. The van der Waals surface area contributed by atoms with E-state index in [1.807, 2.05) is 10.8 Å². The monoisotopic (exact) mass is 260 g/mol. The van der Waals surface area contributed by atoms with Crippen LogP contribution in [0.15, 0.2) is 18.7 Å². The first-order chi connectivity index (χ1) is 9.25. The fourth-order valence-corrected chi connectivity index (χ4v) is 2.02. The van der Waals surface area contributed by atoms with Gasteiger partial charge in [0.05, 0.1) is 17.7 Å². The number of imidazole rings is 1. The van der Waals surface area contributed by atoms with E-state index in [2.05, 4.69) is 20.5 Å². The normalized spacial score (nSPS) is 14.5. The third kappa shape index (κ3) is 2.44. The average molecular weight is 260 g/mol. The summed E-state index contributed by atoms with van der Waals surface area (Å²) in [7, 11) is 0. The fourth-order valence-electron chi connectivity index (χ4n) is 2.02. The summed E-state index contributed by atoms with van der Waals surface area (Å²) < 4.78 is 1.89. The molecule has 4 N–H and O–H groups in total. The van der Waals surface area contributed by atoms with Crippen LogP contribution in [0.5, 0.6) is 0 Å². The lowest BCUT2D eigenvalue weighted by Crippen LogP contribution is -2.28. The molecule has 19 heavy (non-hydrogen) atoms. The number of hydrogen-bond acceptors (Lipinski definition) is 4. The van der Waals surface area contributed by atoms with Crippen molar-refractivity contribution in [3.8, 4) is 0 Å². The van der Waals surface area contributed by atoms with Crippen LogP contribution in [-0.4, -0.2) is 32.2 Å². The fraction of sp³-hybridized carbons (Fsp3) is 0.417. The molecule has 0 radical (unpaired) electrons. The summed E-state index contributed by atoms with van der Waals surface area (Å²) in [6.45, 7) is 1.19. The highest BCUT2D eigenvalue weighted by atomic mass is 16.1. The van der Waals surface area contributed by atoms with Gasteiger partial charge in [-0.05, 0) is 12.8 Å². The van der Waals surface area contributed by atoms with Crippen molar-refractivity contribution in [3.63, 3.8) is 0 Å². The van der Waals surface area contributed by atoms with E-state index in [0.717, 1.165) is 18.5 Å². The molecule has 1 amide bonds. The molecule has 0 spiro atoms. The number of nitrogens with zero attached hydrogens (tertiary/aromatic N) is 3. The predicted molar refractivity (Wildman–Crippen MR) is 69.5 cm³/mol. The standard InChI is InChI=1S/C12H16N6O/c13-9-10(8-1-2-8)16-17-11(9)12(19)15-4-6-18-5-3-14-7-18/h3,5,7-8H,1-2,4,6,13H2,(H,15,19)(H,16,17). The molecule has 7 heteroatoms. The van der Waals surface area contributed by atoms with Gasteiger partial charge in [-0.1, -0.05) is 0 Å². The van der Waals surface area contributed by atoms with E-state index in [0.29, 0.717) is 30.4 Å². The Hall–Kier alpha value is -2.31. The van der Waals surface area contributed by atoms with Crippen LogP contribution < -0.4 is 11.1 Å². The molecule has 2 heterocycles. The number of nitrogens with one attached hydrogen (secondary N) is 2. The van der Waals surface area contributed by atoms with Gasteiger partial charge in [-0.25, -0.2) is 4.98 Å². The first-order valence-corrected chi connectivity index (χ1v) is 6.33. The van der Waals surface area contributed by atoms with Crippen molar-refractivity contribution in [2.75, 3.05) is 12.3 Å². The van der Waals surface area contributed by atoms with E-state index in [4.69, 9.17) is 5.73 Å². The zero-order chi connectivity index (χ0) is 13.2. The molecule has 3 rings (SSSR count). The van der Waals surface area contributed by atoms with Gasteiger partial charge in [0.15, 0.2) is 5.69 Å². The molecule has 0 saturated heterocycles. The molecular formula is C12H16N6O. The maximum absolute atomic E-state index is 12.0. The lowest BCUT2D eigenvalue weighted by atomic mass is 10.2. The van der Waals surface area contributed by atoms with Crippen molar-refractivity contribution in [3.05, 3.63) is 30.1 Å². The lowest BCUT2D eigenvalue weighted by Gasteiger charge is -2.04. The second-order valence-electron chi connectivity index (χ2n) is 4.73. The zero-order valence-corrected chi connectivity index (χ0v) is 10.5. The number of hydrogen-bond donors (Lipinski definition) is 3. The highest BCUT2D eigenvalue weighted by Crippen LogP contribution is 2.42. The molecule has 2 aromatic rings. The summed E-state index contributed by atoms with van der Waals surface area (Å²) in [6.07, 6.45) is 7.50. The molecule has 1 saturated carbocycles. The van der Waals surface area contributed by atoms with Crippen molar-refractivity contribution in [2.45, 2.75) is 25.3 Å². The molecule has 0 unspecified atom stereocenters. The van der Waals surface area contributed by atoms with Gasteiger partial charge < -0.3 is 15.6 Å². The summed E-state index contributed by atoms with van der Waals surface area (Å²) in [4.78, 5) is 15.9. The maximum atomic E-state index is 12.0. The number of amides is 1. The first kappa shape index (κ1) is 11.8. The van der Waals surface area contributed by atoms with E-state index < -0.39 is 0 Å². The van der Waals surface area contributed by atoms with Crippen LogP contribution in [-0.2, 0) is 6.54 Å². The summed E-state index contributed by atoms with van der Waals surface area (Å²) in [5.41, 5.74) is 7.63. The maximum Gasteiger partial charge on any atom is 0.274 e. The molecule has 1 aliphatic rings. The van der Waals surface area contributed by atoms with Gasteiger partial charge in [-0.15, -0.1) is 0 Å². The number of H-pyrrole nitrogens is 1. The molecule has 1 aliphatic carbocycles. The molecule has 0 bridgehead atoms. The lowest BCUT2D eigenvalue weighted by molar-refractivity contribution is 0.0948. The molecule has 0 aliphatic heterocycles. The Morgan fingerprint density at radius 3 is 3.11 bits per heavy atom. The quantitative estimate of drug-likeness (QED) is 0.728. The molecule has 1 fully saturated rings. The van der Waals surface area contributed by atoms with E-state index in [-0.39, 0.29) is 5.91 Å². The van der Waals surface area contributed by atoms with E-state index in [1.165, 1.54) is 0 Å². The Kier molecular flexibility index (Phi) is 2.94. The number of carbonyl (C=O) groups is 1. The summed E-state index contributed by atoms with van der Waals surface area (Å²) in [6, 6.07) is 0. The van der Waals surface area contributed by atoms with Crippen molar-refractivity contribution in [1.29, 1.82) is 0 Å². The number of nitrogens with two attached hydrogens (primary N) is 1. The topological polar surface area (TPSA) is 102 Å². The summed E-state index contributed by atoms with van der Waals surface area (Å²) >= 11 is 0. The number of carbonyl (C=O) groups excluding carboxylic acids is 1. The Balaban J connectivity index is 1.57. The number of aromatic amines is 1. The highest BCUT2D eigenvalue weighted by Gasteiger charge is 2.30. The molecule has 0 aromatic carbocycles. The zero-order valence-electron chi connectivity index (χ0n) is 10.5. The third-order valence-corrected chi connectivity index (χ3v) is 3.25. The van der Waals surface area contributed by atoms with Crippen LogP contribution in [0.1, 0.15) is 34.9 Å². The van der Waals surface area contributed by atoms with Crippen LogP contribution in [0.25, 0.3) is 0 Å². The Morgan fingerprint density at radius 2 is 2.42 bits per heavy atom. The van der Waals surface area contributed by atoms with Gasteiger partial charge in [0.2, 0.25) is 0 Å². The number of aromatic nitrogens is 4. The van der Waals surface area contributed by atoms with Crippen LogP contribution >= 0.6 is 0 Å². The second-order valence-corrected chi connectivity index (χ2v) is 4.73. The van der Waals surface area contributed by atoms with Crippen molar-refractivity contribution in [1.82, 2.24) is 25.1 Å². The van der Waals surface area contributed by atoms with Gasteiger partial charge in [-0.3, -0.25) is 9.89 Å². The van der Waals surface area contributed by atoms with Gasteiger partial charge in [-0.2, -0.15) is 5.10 Å². The highest BCUT2D eigenvalue weighted by molar-refractivity contribution is 5.97. The summed E-state index contributed by atoms with van der Waals surface area (Å²) in [5.74, 6) is 0.223. The van der Waals surface area contributed by atoms with Gasteiger partial charge in [0, 0.05) is 31.4 Å². The Labute approximate surface area is 110 Å². The van der Waals surface area contributed by atoms with Gasteiger partial charge in [0.25, 0.3) is 5.91 Å². The van der Waals surface area contributed by atoms with Crippen LogP contribution in [0.3, 0.4) is 0 Å². The summed E-state index contributed by atoms with van der Waals surface area (Å²) in [5, 5.41) is 9.68. The van der Waals surface area contributed by atoms with E-state index in [9.17, 15) is 4.79 Å². The molecule has 0 atom stereocenters. The smallest absolute Gasteiger partial charge is 0.274 e. The SMILES string of the molecule is Nc1c(C(=O)NCCn2ccnc2)n[nH]c1C1CC1. The molecule has 7 nitrogen and oxygen atoms in total. The Bertz CT molecular complexity index is 569. The van der Waals surface area contributed by atoms with E-state index in [1.54, 1.807) is 12.5 Å². The van der Waals surface area contributed by atoms with Gasteiger partial charge in [0.1, 0.15) is 0 Å². The van der Waals surface area contributed by atoms with Crippen LogP contribution in [0.2, 0.25) is 0 Å². The van der Waals surface area contributed by atoms with E-state index >= 15 is 0 Å². The molecule has 100 valence electrons. The minimum absolute atomic E-state index is 0.235. The minimum atomic E-state index is -0.235.